The SMILES string of the molecule is Cc1nc2cc(-c3cccc(-c4cccc(F)c4)c3)nn2c(N2CCC3(CC2)CC3)c1C(OCC(C)C)C(=O)O. The highest BCUT2D eigenvalue weighted by molar-refractivity contribution is 5.79. The van der Waals surface area contributed by atoms with Gasteiger partial charge in [0.25, 0.3) is 0 Å². The molecule has 1 N–H and O–H groups in total. The molecule has 2 fully saturated rings. The first-order valence-electron chi connectivity index (χ1n) is 14.1. The van der Waals surface area contributed by atoms with Crippen molar-refractivity contribution in [3.05, 3.63) is 71.7 Å². The zero-order chi connectivity index (χ0) is 28.0. The Morgan fingerprint density at radius 2 is 1.70 bits per heavy atom. The first-order chi connectivity index (χ1) is 19.2. The molecule has 1 saturated carbocycles. The van der Waals surface area contributed by atoms with Crippen LogP contribution in [0.4, 0.5) is 10.2 Å². The minimum atomic E-state index is -1.14. The van der Waals surface area contributed by atoms with Gasteiger partial charge < -0.3 is 14.7 Å². The van der Waals surface area contributed by atoms with Gasteiger partial charge in [-0.15, -0.1) is 0 Å². The summed E-state index contributed by atoms with van der Waals surface area (Å²) in [5.41, 5.74) is 5.58. The van der Waals surface area contributed by atoms with Crippen LogP contribution in [0.25, 0.3) is 28.0 Å². The van der Waals surface area contributed by atoms with Crippen molar-refractivity contribution in [2.24, 2.45) is 11.3 Å². The van der Waals surface area contributed by atoms with Crippen LogP contribution < -0.4 is 4.90 Å². The standard InChI is InChI=1S/C32H35FN4O3/c1-20(2)19-40-29(31(38)39)28-21(3)34-27-18-26(24-8-4-6-22(16-24)23-7-5-9-25(33)17-23)35-37(27)30(28)36-14-12-32(10-11-32)13-15-36/h4-9,16-18,20,29H,10-15,19H2,1-3H3,(H,38,39). The summed E-state index contributed by atoms with van der Waals surface area (Å²) in [6, 6.07) is 16.3. The average molecular weight is 543 g/mol. The highest BCUT2D eigenvalue weighted by atomic mass is 19.1. The number of carboxylic acids is 1. The molecule has 6 rings (SSSR count). The molecule has 208 valence electrons. The molecule has 7 nitrogen and oxygen atoms in total. The van der Waals surface area contributed by atoms with Gasteiger partial charge in [0, 0.05) is 30.4 Å². The van der Waals surface area contributed by atoms with Crippen LogP contribution in [0.15, 0.2) is 54.6 Å². The molecule has 8 heteroatoms. The van der Waals surface area contributed by atoms with Crippen LogP contribution >= 0.6 is 0 Å². The fraction of sp³-hybridized carbons (Fsp3) is 0.406. The summed E-state index contributed by atoms with van der Waals surface area (Å²) in [5, 5.41) is 15.3. The molecule has 0 radical (unpaired) electrons. The number of halogens is 1. The number of hydrogen-bond acceptors (Lipinski definition) is 5. The number of piperidine rings is 1. The van der Waals surface area contributed by atoms with Crippen LogP contribution in [0.2, 0.25) is 0 Å². The third kappa shape index (κ3) is 5.08. The molecule has 2 aromatic heterocycles. The van der Waals surface area contributed by atoms with Crippen molar-refractivity contribution in [1.29, 1.82) is 0 Å². The summed E-state index contributed by atoms with van der Waals surface area (Å²) in [4.78, 5) is 19.6. The van der Waals surface area contributed by atoms with Crippen molar-refractivity contribution in [3.63, 3.8) is 0 Å². The van der Waals surface area contributed by atoms with E-state index in [-0.39, 0.29) is 11.7 Å². The van der Waals surface area contributed by atoms with E-state index < -0.39 is 12.1 Å². The summed E-state index contributed by atoms with van der Waals surface area (Å²) in [5.74, 6) is -0.373. The number of ether oxygens (including phenoxy) is 1. The Morgan fingerprint density at radius 1 is 1.02 bits per heavy atom. The summed E-state index contributed by atoms with van der Waals surface area (Å²) in [6.07, 6.45) is 3.59. The summed E-state index contributed by atoms with van der Waals surface area (Å²) >= 11 is 0. The van der Waals surface area contributed by atoms with Crippen molar-refractivity contribution in [3.8, 4) is 22.4 Å². The third-order valence-corrected chi connectivity index (χ3v) is 8.28. The van der Waals surface area contributed by atoms with E-state index in [1.54, 1.807) is 10.6 Å². The first kappa shape index (κ1) is 26.4. The Kier molecular flexibility index (Phi) is 6.82. The predicted octanol–water partition coefficient (Wildman–Crippen LogP) is 6.69. The average Bonchev–Trinajstić information content (AvgIpc) is 3.55. The number of aromatic nitrogens is 3. The van der Waals surface area contributed by atoms with Gasteiger partial charge >= 0.3 is 5.97 Å². The largest absolute Gasteiger partial charge is 0.479 e. The maximum absolute atomic E-state index is 13.9. The fourth-order valence-corrected chi connectivity index (χ4v) is 5.83. The number of fused-ring (bicyclic) bond motifs is 1. The Morgan fingerprint density at radius 3 is 2.35 bits per heavy atom. The highest BCUT2D eigenvalue weighted by Gasteiger charge is 2.45. The van der Waals surface area contributed by atoms with E-state index in [0.29, 0.717) is 34.6 Å². The number of nitrogens with zero attached hydrogens (tertiary/aromatic N) is 4. The van der Waals surface area contributed by atoms with E-state index in [0.717, 1.165) is 48.4 Å². The molecular weight excluding hydrogens is 507 g/mol. The van der Waals surface area contributed by atoms with Crippen molar-refractivity contribution in [2.45, 2.75) is 52.6 Å². The number of aliphatic carboxylic acids is 1. The molecule has 1 atom stereocenters. The van der Waals surface area contributed by atoms with Crippen LogP contribution in [-0.2, 0) is 9.53 Å². The molecule has 1 spiro atoms. The lowest BCUT2D eigenvalue weighted by molar-refractivity contribution is -0.151. The van der Waals surface area contributed by atoms with Crippen molar-refractivity contribution >= 4 is 17.4 Å². The van der Waals surface area contributed by atoms with Gasteiger partial charge in [-0.3, -0.25) is 0 Å². The van der Waals surface area contributed by atoms with E-state index >= 15 is 0 Å². The van der Waals surface area contributed by atoms with Gasteiger partial charge in [0.1, 0.15) is 11.6 Å². The van der Waals surface area contributed by atoms with Gasteiger partial charge in [-0.1, -0.05) is 44.2 Å². The van der Waals surface area contributed by atoms with Crippen molar-refractivity contribution in [1.82, 2.24) is 14.6 Å². The van der Waals surface area contributed by atoms with E-state index in [2.05, 4.69) is 4.90 Å². The van der Waals surface area contributed by atoms with Crippen molar-refractivity contribution < 1.29 is 19.0 Å². The smallest absolute Gasteiger partial charge is 0.337 e. The fourth-order valence-electron chi connectivity index (χ4n) is 5.83. The first-order valence-corrected chi connectivity index (χ1v) is 14.1. The molecule has 1 saturated heterocycles. The van der Waals surface area contributed by atoms with Gasteiger partial charge in [-0.2, -0.15) is 9.61 Å². The van der Waals surface area contributed by atoms with Crippen LogP contribution in [-0.4, -0.2) is 45.4 Å². The van der Waals surface area contributed by atoms with Gasteiger partial charge in [-0.05, 0) is 73.3 Å². The molecule has 1 unspecified atom stereocenters. The summed E-state index contributed by atoms with van der Waals surface area (Å²) < 4.78 is 21.7. The Hall–Kier alpha value is -3.78. The second-order valence-corrected chi connectivity index (χ2v) is 11.8. The highest BCUT2D eigenvalue weighted by Crippen LogP contribution is 2.54. The lowest BCUT2D eigenvalue weighted by atomic mass is 9.93. The topological polar surface area (TPSA) is 80.0 Å². The molecule has 2 aliphatic rings. The minimum absolute atomic E-state index is 0.189. The number of hydrogen-bond donors (Lipinski definition) is 1. The number of anilines is 1. The lowest BCUT2D eigenvalue weighted by Gasteiger charge is -2.36. The number of benzene rings is 2. The zero-order valence-corrected chi connectivity index (χ0v) is 23.2. The molecule has 1 aliphatic heterocycles. The van der Waals surface area contributed by atoms with Crippen molar-refractivity contribution in [2.75, 3.05) is 24.6 Å². The summed E-state index contributed by atoms with van der Waals surface area (Å²) in [7, 11) is 0. The lowest BCUT2D eigenvalue weighted by Crippen LogP contribution is -2.37. The van der Waals surface area contributed by atoms with Gasteiger partial charge in [0.15, 0.2) is 11.8 Å². The second-order valence-electron chi connectivity index (χ2n) is 11.8. The molecule has 4 aromatic rings. The van der Waals surface area contributed by atoms with Crippen LogP contribution in [0.3, 0.4) is 0 Å². The number of rotatable bonds is 8. The third-order valence-electron chi connectivity index (χ3n) is 8.28. The zero-order valence-electron chi connectivity index (χ0n) is 23.2. The van der Waals surface area contributed by atoms with E-state index in [9.17, 15) is 14.3 Å². The predicted molar refractivity (Wildman–Crippen MR) is 153 cm³/mol. The number of carboxylic acid groups (broad SMARTS) is 1. The molecule has 1 aliphatic carbocycles. The maximum Gasteiger partial charge on any atom is 0.337 e. The minimum Gasteiger partial charge on any atom is -0.479 e. The molecule has 2 aromatic carbocycles. The van der Waals surface area contributed by atoms with Gasteiger partial charge in [0.05, 0.1) is 17.9 Å². The Bertz CT molecular complexity index is 1570. The molecule has 3 heterocycles. The van der Waals surface area contributed by atoms with Gasteiger partial charge in [-0.25, -0.2) is 14.2 Å². The molecule has 0 amide bonds. The molecule has 0 bridgehead atoms. The molecular formula is C32H35FN4O3. The number of carbonyl (C=O) groups is 1. The van der Waals surface area contributed by atoms with Crippen LogP contribution in [0, 0.1) is 24.1 Å². The quantitative estimate of drug-likeness (QED) is 0.267. The maximum atomic E-state index is 13.9. The van der Waals surface area contributed by atoms with E-state index in [4.69, 9.17) is 14.8 Å². The van der Waals surface area contributed by atoms with Crippen LogP contribution in [0.5, 0.6) is 0 Å². The monoisotopic (exact) mass is 542 g/mol. The number of aryl methyl sites for hydroxylation is 1. The molecule has 40 heavy (non-hydrogen) atoms. The Balaban J connectivity index is 1.47. The normalized spacial score (nSPS) is 17.1. The van der Waals surface area contributed by atoms with E-state index in [1.165, 1.54) is 25.0 Å². The van der Waals surface area contributed by atoms with E-state index in [1.807, 2.05) is 57.2 Å². The van der Waals surface area contributed by atoms with Crippen LogP contribution in [0.1, 0.15) is 56.9 Å². The van der Waals surface area contributed by atoms with Gasteiger partial charge in [0.2, 0.25) is 0 Å². The summed E-state index contributed by atoms with van der Waals surface area (Å²) in [6.45, 7) is 7.88. The Labute approximate surface area is 233 Å². The second kappa shape index (κ2) is 10.3.